The predicted molar refractivity (Wildman–Crippen MR) is 84.6 cm³/mol. The van der Waals surface area contributed by atoms with Crippen molar-refractivity contribution in [3.8, 4) is 5.75 Å². The molecule has 0 aliphatic heterocycles. The fourth-order valence-electron chi connectivity index (χ4n) is 2.01. The first-order chi connectivity index (χ1) is 11.0. The maximum Gasteiger partial charge on any atom is 0.223 e. The number of halogens is 3. The first kappa shape index (κ1) is 17.2. The summed E-state index contributed by atoms with van der Waals surface area (Å²) in [4.78, 5) is 11.7. The molecule has 122 valence electrons. The van der Waals surface area contributed by atoms with Gasteiger partial charge in [-0.3, -0.25) is 4.79 Å². The van der Waals surface area contributed by atoms with E-state index in [1.165, 1.54) is 12.1 Å². The highest BCUT2D eigenvalue weighted by atomic mass is 35.5. The molecule has 0 aromatic heterocycles. The van der Waals surface area contributed by atoms with Crippen LogP contribution in [0, 0.1) is 11.6 Å². The van der Waals surface area contributed by atoms with Crippen LogP contribution in [0.2, 0.25) is 5.02 Å². The predicted octanol–water partition coefficient (Wildman–Crippen LogP) is 3.75. The Hall–Kier alpha value is -2.14. The van der Waals surface area contributed by atoms with Crippen LogP contribution < -0.4 is 10.1 Å². The summed E-state index contributed by atoms with van der Waals surface area (Å²) in [6, 6.07) is 10.2. The van der Waals surface area contributed by atoms with Gasteiger partial charge in [0.2, 0.25) is 5.91 Å². The molecule has 0 aliphatic rings. The van der Waals surface area contributed by atoms with Crippen molar-refractivity contribution in [1.29, 1.82) is 0 Å². The molecule has 0 bridgehead atoms. The van der Waals surface area contributed by atoms with Crippen LogP contribution in [0.1, 0.15) is 12.0 Å². The SMILES string of the molecule is O=C(CCOc1cccc(Cl)c1)NCCc1cc(F)cc(F)c1. The van der Waals surface area contributed by atoms with Crippen molar-refractivity contribution in [1.82, 2.24) is 5.32 Å². The summed E-state index contributed by atoms with van der Waals surface area (Å²) in [6.45, 7) is 0.527. The Bertz CT molecular complexity index is 659. The van der Waals surface area contributed by atoms with E-state index in [2.05, 4.69) is 5.32 Å². The Labute approximate surface area is 138 Å². The Morgan fingerprint density at radius 1 is 1.13 bits per heavy atom. The van der Waals surface area contributed by atoms with Crippen molar-refractivity contribution < 1.29 is 18.3 Å². The van der Waals surface area contributed by atoms with Gasteiger partial charge in [0, 0.05) is 17.6 Å². The van der Waals surface area contributed by atoms with E-state index < -0.39 is 11.6 Å². The molecule has 0 saturated carbocycles. The molecular weight excluding hydrogens is 324 g/mol. The van der Waals surface area contributed by atoms with Crippen LogP contribution in [0.5, 0.6) is 5.75 Å². The second-order valence-corrected chi connectivity index (χ2v) is 5.37. The number of benzene rings is 2. The van der Waals surface area contributed by atoms with Crippen LogP contribution in [0.3, 0.4) is 0 Å². The molecule has 0 heterocycles. The van der Waals surface area contributed by atoms with E-state index in [0.29, 0.717) is 29.3 Å². The molecule has 23 heavy (non-hydrogen) atoms. The summed E-state index contributed by atoms with van der Waals surface area (Å²) in [5.41, 5.74) is 0.498. The third kappa shape index (κ3) is 6.24. The number of hydrogen-bond donors (Lipinski definition) is 1. The van der Waals surface area contributed by atoms with Gasteiger partial charge in [-0.25, -0.2) is 8.78 Å². The molecule has 0 fully saturated rings. The fourth-order valence-corrected chi connectivity index (χ4v) is 2.19. The monoisotopic (exact) mass is 339 g/mol. The van der Waals surface area contributed by atoms with E-state index in [0.717, 1.165) is 6.07 Å². The fraction of sp³-hybridized carbons (Fsp3) is 0.235. The van der Waals surface area contributed by atoms with Crippen LogP contribution in [-0.2, 0) is 11.2 Å². The second-order valence-electron chi connectivity index (χ2n) is 4.93. The van der Waals surface area contributed by atoms with Crippen LogP contribution in [0.15, 0.2) is 42.5 Å². The summed E-state index contributed by atoms with van der Waals surface area (Å²) >= 11 is 5.82. The highest BCUT2D eigenvalue weighted by Gasteiger charge is 2.04. The minimum atomic E-state index is -0.624. The molecule has 2 aromatic carbocycles. The number of ether oxygens (including phenoxy) is 1. The Kier molecular flexibility index (Phi) is 6.35. The number of rotatable bonds is 7. The standard InChI is InChI=1S/C17H16ClF2NO2/c18-13-2-1-3-16(10-13)23-7-5-17(22)21-6-4-12-8-14(19)11-15(20)9-12/h1-3,8-11H,4-7H2,(H,21,22). The molecule has 0 aliphatic carbocycles. The lowest BCUT2D eigenvalue weighted by atomic mass is 10.1. The van der Waals surface area contributed by atoms with Gasteiger partial charge in [0.1, 0.15) is 17.4 Å². The van der Waals surface area contributed by atoms with Crippen molar-refractivity contribution in [3.05, 3.63) is 64.7 Å². The van der Waals surface area contributed by atoms with Crippen LogP contribution in [-0.4, -0.2) is 19.1 Å². The maximum absolute atomic E-state index is 13.0. The number of carbonyl (C=O) groups excluding carboxylic acids is 1. The Morgan fingerprint density at radius 2 is 1.87 bits per heavy atom. The molecule has 1 N–H and O–H groups in total. The van der Waals surface area contributed by atoms with Crippen molar-refractivity contribution in [2.75, 3.05) is 13.2 Å². The highest BCUT2D eigenvalue weighted by Crippen LogP contribution is 2.17. The van der Waals surface area contributed by atoms with Crippen molar-refractivity contribution in [3.63, 3.8) is 0 Å². The van der Waals surface area contributed by atoms with Crippen molar-refractivity contribution in [2.45, 2.75) is 12.8 Å². The number of carbonyl (C=O) groups is 1. The van der Waals surface area contributed by atoms with Gasteiger partial charge in [-0.15, -0.1) is 0 Å². The Morgan fingerprint density at radius 3 is 2.57 bits per heavy atom. The summed E-state index contributed by atoms with van der Waals surface area (Å²) in [6.07, 6.45) is 0.541. The number of amides is 1. The molecule has 0 saturated heterocycles. The average molecular weight is 340 g/mol. The molecule has 2 rings (SSSR count). The van der Waals surface area contributed by atoms with Gasteiger partial charge >= 0.3 is 0 Å². The lowest BCUT2D eigenvalue weighted by Gasteiger charge is -2.08. The minimum Gasteiger partial charge on any atom is -0.493 e. The zero-order valence-corrected chi connectivity index (χ0v) is 13.1. The summed E-state index contributed by atoms with van der Waals surface area (Å²) in [5, 5.41) is 3.24. The zero-order valence-electron chi connectivity index (χ0n) is 12.3. The summed E-state index contributed by atoms with van der Waals surface area (Å²) in [7, 11) is 0. The van der Waals surface area contributed by atoms with Gasteiger partial charge in [-0.2, -0.15) is 0 Å². The van der Waals surface area contributed by atoms with Crippen molar-refractivity contribution in [2.24, 2.45) is 0 Å². The highest BCUT2D eigenvalue weighted by molar-refractivity contribution is 6.30. The smallest absolute Gasteiger partial charge is 0.223 e. The molecular formula is C17H16ClF2NO2. The summed E-state index contributed by atoms with van der Waals surface area (Å²) < 4.78 is 31.4. The van der Waals surface area contributed by atoms with E-state index in [1.54, 1.807) is 24.3 Å². The van der Waals surface area contributed by atoms with Gasteiger partial charge in [0.25, 0.3) is 0 Å². The molecule has 2 aromatic rings. The van der Waals surface area contributed by atoms with E-state index in [-0.39, 0.29) is 18.9 Å². The van der Waals surface area contributed by atoms with Crippen LogP contribution in [0.4, 0.5) is 8.78 Å². The minimum absolute atomic E-state index is 0.185. The normalized spacial score (nSPS) is 10.4. The first-order valence-corrected chi connectivity index (χ1v) is 7.51. The lowest BCUT2D eigenvalue weighted by Crippen LogP contribution is -2.27. The van der Waals surface area contributed by atoms with E-state index in [4.69, 9.17) is 16.3 Å². The zero-order chi connectivity index (χ0) is 16.7. The molecule has 3 nitrogen and oxygen atoms in total. The first-order valence-electron chi connectivity index (χ1n) is 7.13. The quantitative estimate of drug-likeness (QED) is 0.834. The van der Waals surface area contributed by atoms with E-state index >= 15 is 0 Å². The molecule has 0 radical (unpaired) electrons. The Balaban J connectivity index is 1.67. The molecule has 0 spiro atoms. The number of hydrogen-bond acceptors (Lipinski definition) is 2. The van der Waals surface area contributed by atoms with Gasteiger partial charge in [0.05, 0.1) is 13.0 Å². The van der Waals surface area contributed by atoms with Gasteiger partial charge < -0.3 is 10.1 Å². The summed E-state index contributed by atoms with van der Waals surface area (Å²) in [5.74, 6) is -0.841. The topological polar surface area (TPSA) is 38.3 Å². The van der Waals surface area contributed by atoms with Gasteiger partial charge in [0.15, 0.2) is 0 Å². The third-order valence-corrected chi connectivity index (χ3v) is 3.29. The number of nitrogens with one attached hydrogen (secondary N) is 1. The molecule has 0 unspecified atom stereocenters. The van der Waals surface area contributed by atoms with E-state index in [9.17, 15) is 13.6 Å². The molecule has 6 heteroatoms. The second kappa shape index (κ2) is 8.48. The largest absolute Gasteiger partial charge is 0.493 e. The van der Waals surface area contributed by atoms with Gasteiger partial charge in [-0.05, 0) is 42.3 Å². The molecule has 0 atom stereocenters. The van der Waals surface area contributed by atoms with Crippen LogP contribution in [0.25, 0.3) is 0 Å². The van der Waals surface area contributed by atoms with Crippen LogP contribution >= 0.6 is 11.6 Å². The van der Waals surface area contributed by atoms with E-state index in [1.807, 2.05) is 0 Å². The van der Waals surface area contributed by atoms with Gasteiger partial charge in [-0.1, -0.05) is 17.7 Å². The molecule has 1 amide bonds. The van der Waals surface area contributed by atoms with Crippen molar-refractivity contribution >= 4 is 17.5 Å². The third-order valence-electron chi connectivity index (χ3n) is 3.05. The maximum atomic E-state index is 13.0. The lowest BCUT2D eigenvalue weighted by molar-refractivity contribution is -0.121. The average Bonchev–Trinajstić information content (AvgIpc) is 2.46.